The molecule has 1 aliphatic heterocycles. The summed E-state index contributed by atoms with van der Waals surface area (Å²) in [4.78, 5) is 27.8. The molecule has 1 N–H and O–H groups in total. The van der Waals surface area contributed by atoms with Crippen LogP contribution in [0.2, 0.25) is 0 Å². The number of hydrogen-bond acceptors (Lipinski definition) is 4. The molecular formula is C26H25NO4. The molecule has 0 aliphatic carbocycles. The van der Waals surface area contributed by atoms with Crippen LogP contribution in [0, 0.1) is 20.8 Å². The van der Waals surface area contributed by atoms with E-state index in [0.29, 0.717) is 23.6 Å². The highest BCUT2D eigenvalue weighted by atomic mass is 16.3. The lowest BCUT2D eigenvalue weighted by Crippen LogP contribution is -2.31. The molecule has 158 valence electrons. The third-order valence-corrected chi connectivity index (χ3v) is 5.79. The van der Waals surface area contributed by atoms with Crippen molar-refractivity contribution < 1.29 is 19.1 Å². The van der Waals surface area contributed by atoms with E-state index in [-0.39, 0.29) is 17.8 Å². The number of amides is 1. The van der Waals surface area contributed by atoms with Crippen LogP contribution >= 0.6 is 0 Å². The predicted molar refractivity (Wildman–Crippen MR) is 119 cm³/mol. The van der Waals surface area contributed by atoms with Crippen LogP contribution in [-0.4, -0.2) is 16.8 Å². The molecule has 0 radical (unpaired) electrons. The lowest BCUT2D eigenvalue weighted by molar-refractivity contribution is -0.118. The molecule has 1 amide bonds. The standard InChI is InChI=1S/C26H25NO4/c1-16-9-12-20(15-17(16)2)27-24(22-14-10-18(3)31-22)23(25(29)26(27)30)21(28)13-11-19-7-5-4-6-8-19/h4-10,12,14-15,24,29H,11,13H2,1-3H3. The smallest absolute Gasteiger partial charge is 0.294 e. The van der Waals surface area contributed by atoms with Gasteiger partial charge in [-0.15, -0.1) is 0 Å². The van der Waals surface area contributed by atoms with Gasteiger partial charge in [0.2, 0.25) is 0 Å². The van der Waals surface area contributed by atoms with Crippen molar-refractivity contribution in [3.05, 3.63) is 100 Å². The second kappa shape index (κ2) is 8.26. The maximum Gasteiger partial charge on any atom is 0.294 e. The first-order valence-electron chi connectivity index (χ1n) is 10.3. The molecule has 1 aromatic heterocycles. The van der Waals surface area contributed by atoms with Crippen LogP contribution in [0.1, 0.15) is 40.7 Å². The summed E-state index contributed by atoms with van der Waals surface area (Å²) in [5.74, 6) is -0.234. The molecule has 31 heavy (non-hydrogen) atoms. The number of hydrogen-bond donors (Lipinski definition) is 1. The molecule has 3 aromatic rings. The molecular weight excluding hydrogens is 390 g/mol. The average molecular weight is 415 g/mol. The number of ketones is 1. The van der Waals surface area contributed by atoms with Crippen molar-refractivity contribution in [2.75, 3.05) is 4.90 Å². The van der Waals surface area contributed by atoms with Gasteiger partial charge in [0.05, 0.1) is 5.57 Å². The topological polar surface area (TPSA) is 70.8 Å². The van der Waals surface area contributed by atoms with Gasteiger partial charge in [0, 0.05) is 12.1 Å². The van der Waals surface area contributed by atoms with E-state index in [1.165, 1.54) is 4.90 Å². The Morgan fingerprint density at radius 2 is 1.74 bits per heavy atom. The van der Waals surface area contributed by atoms with E-state index in [1.54, 1.807) is 19.1 Å². The van der Waals surface area contributed by atoms with E-state index in [9.17, 15) is 14.7 Å². The monoisotopic (exact) mass is 415 g/mol. The second-order valence-corrected chi connectivity index (χ2v) is 7.97. The van der Waals surface area contributed by atoms with Crippen molar-refractivity contribution in [2.24, 2.45) is 0 Å². The Bertz CT molecular complexity index is 1170. The van der Waals surface area contributed by atoms with Crippen LogP contribution in [0.3, 0.4) is 0 Å². The Hall–Kier alpha value is -3.60. The normalized spacial score (nSPS) is 16.3. The summed E-state index contributed by atoms with van der Waals surface area (Å²) in [6, 6.07) is 18.1. The third-order valence-electron chi connectivity index (χ3n) is 5.79. The summed E-state index contributed by atoms with van der Waals surface area (Å²) in [5, 5.41) is 10.7. The Morgan fingerprint density at radius 3 is 2.39 bits per heavy atom. The highest BCUT2D eigenvalue weighted by Crippen LogP contribution is 2.42. The Kier molecular flexibility index (Phi) is 5.51. The van der Waals surface area contributed by atoms with Crippen LogP contribution in [0.4, 0.5) is 5.69 Å². The zero-order valence-electron chi connectivity index (χ0n) is 17.9. The number of furan rings is 1. The van der Waals surface area contributed by atoms with Gasteiger partial charge < -0.3 is 9.52 Å². The van der Waals surface area contributed by atoms with E-state index in [0.717, 1.165) is 16.7 Å². The van der Waals surface area contributed by atoms with E-state index in [1.807, 2.05) is 62.4 Å². The average Bonchev–Trinajstić information content (AvgIpc) is 3.30. The van der Waals surface area contributed by atoms with Crippen molar-refractivity contribution in [2.45, 2.75) is 39.7 Å². The molecule has 5 heteroatoms. The van der Waals surface area contributed by atoms with Crippen LogP contribution < -0.4 is 4.90 Å². The van der Waals surface area contributed by atoms with Gasteiger partial charge in [0.15, 0.2) is 11.5 Å². The lowest BCUT2D eigenvalue weighted by atomic mass is 9.96. The first kappa shape index (κ1) is 20.7. The summed E-state index contributed by atoms with van der Waals surface area (Å²) in [6.07, 6.45) is 0.714. The molecule has 0 saturated carbocycles. The molecule has 4 rings (SSSR count). The van der Waals surface area contributed by atoms with Crippen LogP contribution in [-0.2, 0) is 16.0 Å². The Morgan fingerprint density at radius 1 is 1.00 bits per heavy atom. The SMILES string of the molecule is Cc1ccc(C2C(C(=O)CCc3ccccc3)=C(O)C(=O)N2c2ccc(C)c(C)c2)o1. The summed E-state index contributed by atoms with van der Waals surface area (Å²) in [6.45, 7) is 5.76. The Balaban J connectivity index is 1.72. The molecule has 0 spiro atoms. The summed E-state index contributed by atoms with van der Waals surface area (Å²) >= 11 is 0. The van der Waals surface area contributed by atoms with Gasteiger partial charge in [0.1, 0.15) is 17.6 Å². The molecule has 0 bridgehead atoms. The number of benzene rings is 2. The van der Waals surface area contributed by atoms with Gasteiger partial charge in [-0.25, -0.2) is 0 Å². The van der Waals surface area contributed by atoms with Crippen LogP contribution in [0.5, 0.6) is 0 Å². The number of Topliss-reactive ketones (excluding diaryl/α,β-unsaturated/α-hetero) is 1. The number of aryl methyl sites for hydroxylation is 4. The highest BCUT2D eigenvalue weighted by molar-refractivity contribution is 6.16. The minimum Gasteiger partial charge on any atom is -0.503 e. The number of aliphatic hydroxyl groups is 1. The summed E-state index contributed by atoms with van der Waals surface area (Å²) < 4.78 is 5.82. The molecule has 2 heterocycles. The highest BCUT2D eigenvalue weighted by Gasteiger charge is 2.45. The first-order chi connectivity index (χ1) is 14.9. The van der Waals surface area contributed by atoms with E-state index >= 15 is 0 Å². The maximum absolute atomic E-state index is 13.2. The zero-order valence-corrected chi connectivity index (χ0v) is 17.9. The molecule has 1 aliphatic rings. The fraction of sp³-hybridized carbons (Fsp3) is 0.231. The van der Waals surface area contributed by atoms with Crippen molar-refractivity contribution in [3.8, 4) is 0 Å². The molecule has 5 nitrogen and oxygen atoms in total. The molecule has 0 saturated heterocycles. The first-order valence-corrected chi connectivity index (χ1v) is 10.3. The summed E-state index contributed by atoms with van der Waals surface area (Å²) in [5.41, 5.74) is 3.84. The van der Waals surface area contributed by atoms with E-state index < -0.39 is 17.7 Å². The molecule has 1 atom stereocenters. The quantitative estimate of drug-likeness (QED) is 0.592. The lowest BCUT2D eigenvalue weighted by Gasteiger charge is -2.25. The van der Waals surface area contributed by atoms with E-state index in [2.05, 4.69) is 0 Å². The van der Waals surface area contributed by atoms with Gasteiger partial charge in [-0.05, 0) is 68.1 Å². The summed E-state index contributed by atoms with van der Waals surface area (Å²) in [7, 11) is 0. The minimum absolute atomic E-state index is 0.0912. The van der Waals surface area contributed by atoms with Gasteiger partial charge in [-0.3, -0.25) is 14.5 Å². The third kappa shape index (κ3) is 3.91. The maximum atomic E-state index is 13.2. The second-order valence-electron chi connectivity index (χ2n) is 7.97. The van der Waals surface area contributed by atoms with Crippen LogP contribution in [0.15, 0.2) is 76.4 Å². The number of carbonyl (C=O) groups is 2. The number of rotatable bonds is 6. The number of nitrogens with zero attached hydrogens (tertiary/aromatic N) is 1. The van der Waals surface area contributed by atoms with Crippen molar-refractivity contribution >= 4 is 17.4 Å². The van der Waals surface area contributed by atoms with Gasteiger partial charge in [0.25, 0.3) is 5.91 Å². The molecule has 0 fully saturated rings. The number of carbonyl (C=O) groups excluding carboxylic acids is 2. The fourth-order valence-corrected chi connectivity index (χ4v) is 3.94. The zero-order chi connectivity index (χ0) is 22.1. The molecule has 2 aromatic carbocycles. The Labute approximate surface area is 181 Å². The largest absolute Gasteiger partial charge is 0.503 e. The van der Waals surface area contributed by atoms with Gasteiger partial charge >= 0.3 is 0 Å². The van der Waals surface area contributed by atoms with Crippen LogP contribution in [0.25, 0.3) is 0 Å². The molecule has 1 unspecified atom stereocenters. The minimum atomic E-state index is -0.799. The van der Waals surface area contributed by atoms with Crippen molar-refractivity contribution in [3.63, 3.8) is 0 Å². The van der Waals surface area contributed by atoms with Gasteiger partial charge in [-0.1, -0.05) is 36.4 Å². The number of aliphatic hydroxyl groups excluding tert-OH is 1. The number of anilines is 1. The van der Waals surface area contributed by atoms with Gasteiger partial charge in [-0.2, -0.15) is 0 Å². The van der Waals surface area contributed by atoms with Crippen molar-refractivity contribution in [1.29, 1.82) is 0 Å². The van der Waals surface area contributed by atoms with Crippen molar-refractivity contribution in [1.82, 2.24) is 0 Å². The fourth-order valence-electron chi connectivity index (χ4n) is 3.94. The predicted octanol–water partition coefficient (Wildman–Crippen LogP) is 5.31. The van der Waals surface area contributed by atoms with E-state index in [4.69, 9.17) is 4.42 Å².